The number of benzene rings is 1. The van der Waals surface area contributed by atoms with Crippen molar-refractivity contribution in [2.75, 3.05) is 4.31 Å². The molecule has 6 heteroatoms. The first kappa shape index (κ1) is 16.9. The molecule has 0 radical (unpaired) electrons. The minimum absolute atomic E-state index is 0.0173. The van der Waals surface area contributed by atoms with Crippen molar-refractivity contribution in [2.24, 2.45) is 0 Å². The van der Waals surface area contributed by atoms with Crippen LogP contribution in [0.2, 0.25) is 0 Å². The summed E-state index contributed by atoms with van der Waals surface area (Å²) < 4.78 is 41.0. The number of halogens is 1. The van der Waals surface area contributed by atoms with E-state index in [2.05, 4.69) is 4.98 Å². The molecule has 0 bridgehead atoms. The highest BCUT2D eigenvalue weighted by Crippen LogP contribution is 2.37. The van der Waals surface area contributed by atoms with E-state index in [0.29, 0.717) is 5.69 Å². The first-order valence-electron chi connectivity index (χ1n) is 8.04. The van der Waals surface area contributed by atoms with Crippen LogP contribution in [0.1, 0.15) is 56.5 Å². The second-order valence-corrected chi connectivity index (χ2v) is 8.54. The number of rotatable bonds is 3. The van der Waals surface area contributed by atoms with Gasteiger partial charge in [-0.1, -0.05) is 33.8 Å². The predicted octanol–water partition coefficient (Wildman–Crippen LogP) is 4.18. The highest BCUT2D eigenvalue weighted by atomic mass is 32.2. The van der Waals surface area contributed by atoms with E-state index in [-0.39, 0.29) is 28.8 Å². The Morgan fingerprint density at radius 1 is 1.08 bits per heavy atom. The molecule has 1 aromatic heterocycles. The summed E-state index contributed by atoms with van der Waals surface area (Å²) in [5.41, 5.74) is 2.45. The molecule has 0 spiro atoms. The van der Waals surface area contributed by atoms with Crippen LogP contribution in [-0.2, 0) is 16.6 Å². The van der Waals surface area contributed by atoms with Crippen LogP contribution in [0.3, 0.4) is 0 Å². The third-order valence-corrected chi connectivity index (χ3v) is 6.12. The summed E-state index contributed by atoms with van der Waals surface area (Å²) in [5.74, 6) is -0.139. The Kier molecular flexibility index (Phi) is 4.11. The average molecular weight is 348 g/mol. The lowest BCUT2D eigenvalue weighted by atomic mass is 10.0. The summed E-state index contributed by atoms with van der Waals surface area (Å²) in [4.78, 5) is 4.68. The van der Waals surface area contributed by atoms with Gasteiger partial charge in [-0.15, -0.1) is 0 Å². The van der Waals surface area contributed by atoms with E-state index in [1.165, 1.54) is 22.5 Å². The quantitative estimate of drug-likeness (QED) is 0.836. The highest BCUT2D eigenvalue weighted by molar-refractivity contribution is 7.93. The first-order valence-corrected chi connectivity index (χ1v) is 9.48. The first-order chi connectivity index (χ1) is 11.2. The van der Waals surface area contributed by atoms with E-state index in [4.69, 9.17) is 0 Å². The van der Waals surface area contributed by atoms with Crippen LogP contribution in [-0.4, -0.2) is 13.4 Å². The average Bonchev–Trinajstić information content (AvgIpc) is 2.79. The number of pyridine rings is 1. The number of fused-ring (bicyclic) bond motifs is 1. The van der Waals surface area contributed by atoms with E-state index >= 15 is 0 Å². The molecule has 1 aromatic carbocycles. The topological polar surface area (TPSA) is 50.3 Å². The van der Waals surface area contributed by atoms with Crippen LogP contribution in [0.5, 0.6) is 0 Å². The number of anilines is 1. The Balaban J connectivity index is 2.15. The molecule has 0 saturated heterocycles. The molecular formula is C18H21FN2O2S. The number of sulfonamides is 1. The number of hydrogen-bond acceptors (Lipinski definition) is 3. The van der Waals surface area contributed by atoms with Crippen LogP contribution >= 0.6 is 0 Å². The molecule has 1 aliphatic heterocycles. The van der Waals surface area contributed by atoms with E-state index in [0.717, 1.165) is 11.4 Å². The fraction of sp³-hybridized carbons (Fsp3) is 0.389. The number of hydrogen-bond donors (Lipinski definition) is 0. The van der Waals surface area contributed by atoms with Gasteiger partial charge in [0.2, 0.25) is 0 Å². The molecule has 24 heavy (non-hydrogen) atoms. The summed E-state index contributed by atoms with van der Waals surface area (Å²) >= 11 is 0. The largest absolute Gasteiger partial charge is 0.265 e. The molecule has 128 valence electrons. The van der Waals surface area contributed by atoms with Crippen LogP contribution < -0.4 is 4.31 Å². The van der Waals surface area contributed by atoms with Crippen molar-refractivity contribution in [2.45, 2.75) is 51.0 Å². The zero-order chi connectivity index (χ0) is 17.6. The summed E-state index contributed by atoms with van der Waals surface area (Å²) in [6.45, 7) is 8.09. The molecule has 2 aromatic rings. The lowest BCUT2D eigenvalue weighted by Gasteiger charge is -2.20. The summed E-state index contributed by atoms with van der Waals surface area (Å²) in [6.07, 6.45) is 0. The third kappa shape index (κ3) is 2.69. The summed E-state index contributed by atoms with van der Waals surface area (Å²) in [6, 6.07) is 7.77. The molecule has 1 aliphatic rings. The molecule has 2 heterocycles. The highest BCUT2D eigenvalue weighted by Gasteiger charge is 2.37. The maximum atomic E-state index is 14.0. The minimum Gasteiger partial charge on any atom is -0.262 e. The van der Waals surface area contributed by atoms with Gasteiger partial charge in [0, 0.05) is 17.0 Å². The van der Waals surface area contributed by atoms with Crippen molar-refractivity contribution in [3.8, 4) is 0 Å². The van der Waals surface area contributed by atoms with Crippen molar-refractivity contribution in [3.63, 3.8) is 0 Å². The van der Waals surface area contributed by atoms with Crippen LogP contribution in [0.4, 0.5) is 10.1 Å². The molecule has 4 nitrogen and oxygen atoms in total. The molecule has 0 N–H and O–H groups in total. The Morgan fingerprint density at radius 2 is 1.67 bits per heavy atom. The van der Waals surface area contributed by atoms with Crippen molar-refractivity contribution in [1.29, 1.82) is 0 Å². The van der Waals surface area contributed by atoms with Crippen LogP contribution in [0, 0.1) is 5.82 Å². The van der Waals surface area contributed by atoms with Gasteiger partial charge in [-0.25, -0.2) is 12.8 Å². The molecule has 0 saturated carbocycles. The number of nitrogens with zero attached hydrogens (tertiary/aromatic N) is 2. The van der Waals surface area contributed by atoms with Gasteiger partial charge in [0.05, 0.1) is 17.1 Å². The van der Waals surface area contributed by atoms with Crippen molar-refractivity contribution in [3.05, 3.63) is 53.1 Å². The van der Waals surface area contributed by atoms with Gasteiger partial charge in [0.25, 0.3) is 10.0 Å². The smallest absolute Gasteiger partial charge is 0.262 e. The molecule has 0 fully saturated rings. The standard InChI is InChI=1S/C18H21FN2O2S/c1-11(2)16-8-13(9-17(20-16)12(3)4)21-10-14-15(19)6-5-7-18(14)24(21,22)23/h5-9,11-12H,10H2,1-4H3. The Morgan fingerprint density at radius 3 is 2.17 bits per heavy atom. The van der Waals surface area contributed by atoms with Crippen molar-refractivity contribution in [1.82, 2.24) is 4.98 Å². The zero-order valence-corrected chi connectivity index (χ0v) is 15.1. The lowest BCUT2D eigenvalue weighted by Crippen LogP contribution is -2.24. The van der Waals surface area contributed by atoms with Gasteiger partial charge in [-0.05, 0) is 36.1 Å². The molecular weight excluding hydrogens is 327 g/mol. The molecule has 0 unspecified atom stereocenters. The normalized spacial score (nSPS) is 16.0. The fourth-order valence-corrected chi connectivity index (χ4v) is 4.45. The number of aromatic nitrogens is 1. The minimum atomic E-state index is -3.74. The second kappa shape index (κ2) is 5.84. The third-order valence-electron chi connectivity index (χ3n) is 4.27. The van der Waals surface area contributed by atoms with E-state index in [1.807, 2.05) is 27.7 Å². The predicted molar refractivity (Wildman–Crippen MR) is 92.2 cm³/mol. The molecule has 0 atom stereocenters. The molecule has 0 amide bonds. The molecule has 0 aliphatic carbocycles. The van der Waals surface area contributed by atoms with Gasteiger partial charge in [0.1, 0.15) is 5.82 Å². The molecule has 3 rings (SSSR count). The zero-order valence-electron chi connectivity index (χ0n) is 14.2. The van der Waals surface area contributed by atoms with Gasteiger partial charge < -0.3 is 0 Å². The van der Waals surface area contributed by atoms with Crippen LogP contribution in [0.15, 0.2) is 35.2 Å². The van der Waals surface area contributed by atoms with E-state index in [9.17, 15) is 12.8 Å². The Bertz CT molecular complexity index is 866. The fourth-order valence-electron chi connectivity index (χ4n) is 2.81. The monoisotopic (exact) mass is 348 g/mol. The van der Waals surface area contributed by atoms with Crippen LogP contribution in [0.25, 0.3) is 0 Å². The maximum absolute atomic E-state index is 14.0. The van der Waals surface area contributed by atoms with Gasteiger partial charge in [-0.3, -0.25) is 9.29 Å². The Hall–Kier alpha value is -1.95. The van der Waals surface area contributed by atoms with E-state index < -0.39 is 15.8 Å². The summed E-state index contributed by atoms with van der Waals surface area (Å²) in [5, 5.41) is 0. The van der Waals surface area contributed by atoms with Gasteiger partial charge in [-0.2, -0.15) is 0 Å². The van der Waals surface area contributed by atoms with Crippen molar-refractivity contribution < 1.29 is 12.8 Å². The van der Waals surface area contributed by atoms with Gasteiger partial charge >= 0.3 is 0 Å². The SMILES string of the molecule is CC(C)c1cc(N2Cc3c(F)cccc3S2(=O)=O)cc(C(C)C)n1. The maximum Gasteiger partial charge on any atom is 0.265 e. The summed E-state index contributed by atoms with van der Waals surface area (Å²) in [7, 11) is -3.74. The Labute approximate surface area is 142 Å². The van der Waals surface area contributed by atoms with Gasteiger partial charge in [0.15, 0.2) is 0 Å². The lowest BCUT2D eigenvalue weighted by molar-refractivity contribution is 0.595. The van der Waals surface area contributed by atoms with Crippen molar-refractivity contribution >= 4 is 15.7 Å². The second-order valence-electron chi connectivity index (χ2n) is 6.71. The van der Waals surface area contributed by atoms with E-state index in [1.54, 1.807) is 12.1 Å².